The zero-order chi connectivity index (χ0) is 20.4. The molecule has 2 aromatic heterocycles. The highest BCUT2D eigenvalue weighted by molar-refractivity contribution is 7.99. The lowest BCUT2D eigenvalue weighted by Gasteiger charge is -2.11. The smallest absolute Gasteiger partial charge is 0.230 e. The number of amides is 1. The van der Waals surface area contributed by atoms with Gasteiger partial charge in [0, 0.05) is 31.9 Å². The van der Waals surface area contributed by atoms with E-state index in [9.17, 15) is 4.79 Å². The Hall–Kier alpha value is -2.61. The van der Waals surface area contributed by atoms with Crippen LogP contribution in [0, 0.1) is 6.92 Å². The molecule has 152 valence electrons. The van der Waals surface area contributed by atoms with Crippen molar-refractivity contribution < 1.29 is 4.79 Å². The van der Waals surface area contributed by atoms with Crippen LogP contribution in [0.25, 0.3) is 22.6 Å². The lowest BCUT2D eigenvalue weighted by molar-refractivity contribution is -0.119. The molecule has 1 N–H and O–H groups in total. The Morgan fingerprint density at radius 2 is 1.90 bits per heavy atom. The van der Waals surface area contributed by atoms with Gasteiger partial charge in [-0.3, -0.25) is 9.48 Å². The van der Waals surface area contributed by atoms with Crippen molar-refractivity contribution in [3.8, 4) is 22.6 Å². The average Bonchev–Trinajstić information content (AvgIpc) is 3.42. The van der Waals surface area contributed by atoms with Crippen LogP contribution in [0.4, 0.5) is 0 Å². The second kappa shape index (κ2) is 8.41. The normalized spacial score (nSPS) is 14.4. The number of carbonyl (C=O) groups is 1. The molecular formula is C21H26N6OS. The Kier molecular flexibility index (Phi) is 5.71. The maximum atomic E-state index is 12.2. The van der Waals surface area contributed by atoms with Crippen molar-refractivity contribution in [2.75, 3.05) is 5.75 Å². The number of hydrogen-bond donors (Lipinski definition) is 1. The van der Waals surface area contributed by atoms with Crippen LogP contribution < -0.4 is 5.32 Å². The van der Waals surface area contributed by atoms with Gasteiger partial charge in [0.2, 0.25) is 5.91 Å². The third kappa shape index (κ3) is 4.37. The number of aryl methyl sites for hydroxylation is 2. The fraction of sp³-hybridized carbons (Fsp3) is 0.429. The van der Waals surface area contributed by atoms with Crippen molar-refractivity contribution in [1.82, 2.24) is 29.9 Å². The SMILES string of the molecule is Cc1ccc(-c2nn(C)cc2-c2nnc(SCC(=O)NC3CCCC3)n2C)cc1. The lowest BCUT2D eigenvalue weighted by Crippen LogP contribution is -2.33. The Balaban J connectivity index is 1.51. The van der Waals surface area contributed by atoms with Crippen molar-refractivity contribution in [1.29, 1.82) is 0 Å². The molecule has 0 bridgehead atoms. The largest absolute Gasteiger partial charge is 0.353 e. The number of hydrogen-bond acceptors (Lipinski definition) is 5. The molecule has 1 aliphatic carbocycles. The first-order valence-corrected chi connectivity index (χ1v) is 10.9. The molecule has 4 rings (SSSR count). The number of thioether (sulfide) groups is 1. The molecule has 1 fully saturated rings. The number of rotatable bonds is 6. The summed E-state index contributed by atoms with van der Waals surface area (Å²) in [6.07, 6.45) is 6.55. The fourth-order valence-corrected chi connectivity index (χ4v) is 4.44. The number of aromatic nitrogens is 5. The summed E-state index contributed by atoms with van der Waals surface area (Å²) in [7, 11) is 3.83. The van der Waals surface area contributed by atoms with E-state index in [-0.39, 0.29) is 5.91 Å². The number of benzene rings is 1. The van der Waals surface area contributed by atoms with Crippen molar-refractivity contribution >= 4 is 17.7 Å². The minimum atomic E-state index is 0.0631. The molecule has 0 unspecified atom stereocenters. The predicted molar refractivity (Wildman–Crippen MR) is 115 cm³/mol. The second-order valence-corrected chi connectivity index (χ2v) is 8.58. The molecule has 1 amide bonds. The molecule has 2 heterocycles. The highest BCUT2D eigenvalue weighted by Gasteiger charge is 2.21. The van der Waals surface area contributed by atoms with Crippen LogP contribution in [0.5, 0.6) is 0 Å². The minimum Gasteiger partial charge on any atom is -0.353 e. The molecule has 0 radical (unpaired) electrons. The first-order chi connectivity index (χ1) is 14.0. The highest BCUT2D eigenvalue weighted by atomic mass is 32.2. The first-order valence-electron chi connectivity index (χ1n) is 9.94. The van der Waals surface area contributed by atoms with Crippen LogP contribution in [0.1, 0.15) is 31.2 Å². The second-order valence-electron chi connectivity index (χ2n) is 7.63. The van der Waals surface area contributed by atoms with Crippen LogP contribution in [-0.2, 0) is 18.9 Å². The van der Waals surface area contributed by atoms with Crippen LogP contribution in [0.3, 0.4) is 0 Å². The summed E-state index contributed by atoms with van der Waals surface area (Å²) >= 11 is 1.41. The van der Waals surface area contributed by atoms with Gasteiger partial charge < -0.3 is 9.88 Å². The van der Waals surface area contributed by atoms with E-state index in [0.29, 0.717) is 11.8 Å². The molecule has 1 saturated carbocycles. The standard InChI is InChI=1S/C21H26N6OS/c1-14-8-10-15(11-9-14)19-17(12-26(2)25-19)20-23-24-21(27(20)3)29-13-18(28)22-16-6-4-5-7-16/h8-12,16H,4-7,13H2,1-3H3,(H,22,28). The summed E-state index contributed by atoms with van der Waals surface area (Å²) in [5, 5.41) is 17.2. The minimum absolute atomic E-state index is 0.0631. The molecule has 1 aliphatic rings. The Labute approximate surface area is 174 Å². The van der Waals surface area contributed by atoms with Crippen LogP contribution in [-0.4, -0.2) is 42.2 Å². The Morgan fingerprint density at radius 1 is 1.17 bits per heavy atom. The summed E-state index contributed by atoms with van der Waals surface area (Å²) in [5.41, 5.74) is 4.05. The summed E-state index contributed by atoms with van der Waals surface area (Å²) in [5.74, 6) is 1.15. The Morgan fingerprint density at radius 3 is 2.62 bits per heavy atom. The van der Waals surface area contributed by atoms with E-state index in [1.807, 2.05) is 24.9 Å². The molecule has 0 aliphatic heterocycles. The lowest BCUT2D eigenvalue weighted by atomic mass is 10.1. The zero-order valence-corrected chi connectivity index (χ0v) is 17.9. The molecule has 0 saturated heterocycles. The maximum Gasteiger partial charge on any atom is 0.230 e. The zero-order valence-electron chi connectivity index (χ0n) is 17.1. The molecule has 8 heteroatoms. The Bertz CT molecular complexity index is 1000. The molecule has 0 spiro atoms. The predicted octanol–water partition coefficient (Wildman–Crippen LogP) is 3.34. The number of nitrogens with zero attached hydrogens (tertiary/aromatic N) is 5. The molecule has 7 nitrogen and oxygen atoms in total. The van der Waals surface area contributed by atoms with Gasteiger partial charge in [-0.2, -0.15) is 5.10 Å². The van der Waals surface area contributed by atoms with E-state index < -0.39 is 0 Å². The molecular weight excluding hydrogens is 384 g/mol. The summed E-state index contributed by atoms with van der Waals surface area (Å²) < 4.78 is 3.73. The quantitative estimate of drug-likeness (QED) is 0.631. The first kappa shape index (κ1) is 19.7. The molecule has 1 aromatic carbocycles. The van der Waals surface area contributed by atoms with E-state index >= 15 is 0 Å². The van der Waals surface area contributed by atoms with Crippen molar-refractivity contribution in [3.63, 3.8) is 0 Å². The maximum absolute atomic E-state index is 12.2. The summed E-state index contributed by atoms with van der Waals surface area (Å²) in [6.45, 7) is 2.07. The van der Waals surface area contributed by atoms with Gasteiger partial charge in [0.1, 0.15) is 5.69 Å². The van der Waals surface area contributed by atoms with Gasteiger partial charge in [-0.25, -0.2) is 0 Å². The van der Waals surface area contributed by atoms with Crippen molar-refractivity contribution in [2.45, 2.75) is 43.8 Å². The number of nitrogens with one attached hydrogen (secondary N) is 1. The van der Waals surface area contributed by atoms with Gasteiger partial charge in [0.15, 0.2) is 11.0 Å². The van der Waals surface area contributed by atoms with Crippen LogP contribution >= 0.6 is 11.8 Å². The van der Waals surface area contributed by atoms with Crippen LogP contribution in [0.2, 0.25) is 0 Å². The van der Waals surface area contributed by atoms with Gasteiger partial charge in [-0.15, -0.1) is 10.2 Å². The van der Waals surface area contributed by atoms with Gasteiger partial charge in [-0.1, -0.05) is 54.4 Å². The topological polar surface area (TPSA) is 77.6 Å². The van der Waals surface area contributed by atoms with Crippen LogP contribution in [0.15, 0.2) is 35.6 Å². The molecule has 3 aromatic rings. The molecule has 29 heavy (non-hydrogen) atoms. The third-order valence-electron chi connectivity index (χ3n) is 5.28. The fourth-order valence-electron chi connectivity index (χ4n) is 3.72. The summed E-state index contributed by atoms with van der Waals surface area (Å²) in [6, 6.07) is 8.63. The van der Waals surface area contributed by atoms with Gasteiger partial charge in [-0.05, 0) is 19.8 Å². The van der Waals surface area contributed by atoms with E-state index in [1.54, 1.807) is 4.68 Å². The third-order valence-corrected chi connectivity index (χ3v) is 6.30. The van der Waals surface area contributed by atoms with Gasteiger partial charge >= 0.3 is 0 Å². The van der Waals surface area contributed by atoms with E-state index in [4.69, 9.17) is 0 Å². The van der Waals surface area contributed by atoms with Gasteiger partial charge in [0.25, 0.3) is 0 Å². The highest BCUT2D eigenvalue weighted by Crippen LogP contribution is 2.31. The van der Waals surface area contributed by atoms with Crippen molar-refractivity contribution in [2.24, 2.45) is 14.1 Å². The van der Waals surface area contributed by atoms with Gasteiger partial charge in [0.05, 0.1) is 11.3 Å². The van der Waals surface area contributed by atoms with E-state index in [1.165, 1.54) is 30.2 Å². The van der Waals surface area contributed by atoms with E-state index in [2.05, 4.69) is 51.8 Å². The van der Waals surface area contributed by atoms with E-state index in [0.717, 1.165) is 40.6 Å². The number of carbonyl (C=O) groups excluding carboxylic acids is 1. The summed E-state index contributed by atoms with van der Waals surface area (Å²) in [4.78, 5) is 12.2. The molecule has 0 atom stereocenters. The monoisotopic (exact) mass is 410 g/mol. The van der Waals surface area contributed by atoms with Crippen molar-refractivity contribution in [3.05, 3.63) is 36.0 Å². The average molecular weight is 411 g/mol.